The van der Waals surface area contributed by atoms with Crippen LogP contribution in [0.4, 0.5) is 0 Å². The van der Waals surface area contributed by atoms with Crippen LogP contribution in [0.3, 0.4) is 0 Å². The van der Waals surface area contributed by atoms with Crippen molar-refractivity contribution in [1.82, 2.24) is 0 Å². The Morgan fingerprint density at radius 3 is 2.56 bits per heavy atom. The first-order chi connectivity index (χ1) is 7.75. The molecule has 0 saturated heterocycles. The van der Waals surface area contributed by atoms with Crippen molar-refractivity contribution in [1.29, 1.82) is 0 Å². The molecule has 0 aromatic heterocycles. The molecule has 1 nitrogen and oxygen atoms in total. The summed E-state index contributed by atoms with van der Waals surface area (Å²) in [5.74, 6) is 2.95. The zero-order valence-electron chi connectivity index (χ0n) is 10.7. The molecule has 0 aromatic rings. The lowest BCUT2D eigenvalue weighted by molar-refractivity contribution is 0.256. The van der Waals surface area contributed by atoms with Crippen molar-refractivity contribution in [3.8, 4) is 0 Å². The van der Waals surface area contributed by atoms with Gasteiger partial charge < -0.3 is 5.73 Å². The molecular weight excluding hydrogens is 214 g/mol. The molecule has 94 valence electrons. The topological polar surface area (TPSA) is 26.0 Å². The van der Waals surface area contributed by atoms with Gasteiger partial charge in [0.1, 0.15) is 0 Å². The number of rotatable bonds is 4. The Hall–Kier alpha value is 0.310. The maximum absolute atomic E-state index is 6.37. The van der Waals surface area contributed by atoms with Gasteiger partial charge >= 0.3 is 0 Å². The molecule has 16 heavy (non-hydrogen) atoms. The van der Waals surface area contributed by atoms with Crippen molar-refractivity contribution < 1.29 is 0 Å². The summed E-state index contributed by atoms with van der Waals surface area (Å²) in [5, 5.41) is 0.937. The van der Waals surface area contributed by atoms with E-state index in [9.17, 15) is 0 Å². The van der Waals surface area contributed by atoms with Crippen LogP contribution in [0.15, 0.2) is 0 Å². The molecule has 2 saturated carbocycles. The summed E-state index contributed by atoms with van der Waals surface area (Å²) in [6.07, 6.45) is 11.4. The second kappa shape index (κ2) is 6.30. The monoisotopic (exact) mass is 241 g/mol. The molecule has 0 bridgehead atoms. The maximum Gasteiger partial charge on any atom is 0.0159 e. The van der Waals surface area contributed by atoms with E-state index in [0.29, 0.717) is 6.04 Å². The average Bonchev–Trinajstić information content (AvgIpc) is 2.78. The van der Waals surface area contributed by atoms with E-state index in [0.717, 1.165) is 17.1 Å². The van der Waals surface area contributed by atoms with E-state index in [1.54, 1.807) is 0 Å². The van der Waals surface area contributed by atoms with Crippen LogP contribution in [-0.4, -0.2) is 17.0 Å². The molecule has 3 atom stereocenters. The van der Waals surface area contributed by atoms with E-state index in [1.165, 1.54) is 57.1 Å². The van der Waals surface area contributed by atoms with Crippen molar-refractivity contribution >= 4 is 11.8 Å². The number of nitrogens with two attached hydrogens (primary N) is 1. The summed E-state index contributed by atoms with van der Waals surface area (Å²) >= 11 is 2.16. The highest BCUT2D eigenvalue weighted by molar-refractivity contribution is 7.99. The molecular formula is C14H27NS. The van der Waals surface area contributed by atoms with Crippen molar-refractivity contribution in [3.63, 3.8) is 0 Å². The summed E-state index contributed by atoms with van der Waals surface area (Å²) in [4.78, 5) is 0. The SMILES string of the molecule is CC1CCCC(C(N)CSC2CCCC2)C1. The highest BCUT2D eigenvalue weighted by Gasteiger charge is 2.25. The minimum Gasteiger partial charge on any atom is -0.327 e. The van der Waals surface area contributed by atoms with Crippen LogP contribution in [-0.2, 0) is 0 Å². The van der Waals surface area contributed by atoms with Crippen LogP contribution in [0.2, 0.25) is 0 Å². The Morgan fingerprint density at radius 1 is 1.12 bits per heavy atom. The molecule has 2 aliphatic carbocycles. The largest absolute Gasteiger partial charge is 0.327 e. The van der Waals surface area contributed by atoms with Crippen molar-refractivity contribution in [3.05, 3.63) is 0 Å². The first-order valence-electron chi connectivity index (χ1n) is 7.13. The summed E-state index contributed by atoms with van der Waals surface area (Å²) in [6, 6.07) is 0.466. The van der Waals surface area contributed by atoms with Crippen LogP contribution in [0.25, 0.3) is 0 Å². The van der Waals surface area contributed by atoms with Gasteiger partial charge in [-0.2, -0.15) is 11.8 Å². The predicted octanol–water partition coefficient (Wildman–Crippen LogP) is 3.82. The van der Waals surface area contributed by atoms with Crippen molar-refractivity contribution in [2.24, 2.45) is 17.6 Å². The second-order valence-corrected chi connectivity index (χ2v) is 7.27. The third kappa shape index (κ3) is 3.66. The maximum atomic E-state index is 6.37. The zero-order chi connectivity index (χ0) is 11.4. The van der Waals surface area contributed by atoms with E-state index in [1.807, 2.05) is 0 Å². The van der Waals surface area contributed by atoms with Crippen LogP contribution in [0.5, 0.6) is 0 Å². The lowest BCUT2D eigenvalue weighted by atomic mass is 9.79. The summed E-state index contributed by atoms with van der Waals surface area (Å²) in [5.41, 5.74) is 6.37. The number of hydrogen-bond acceptors (Lipinski definition) is 2. The van der Waals surface area contributed by atoms with Gasteiger partial charge in [-0.1, -0.05) is 32.6 Å². The predicted molar refractivity (Wildman–Crippen MR) is 73.8 cm³/mol. The smallest absolute Gasteiger partial charge is 0.0159 e. The fraction of sp³-hybridized carbons (Fsp3) is 1.00. The number of hydrogen-bond donors (Lipinski definition) is 1. The third-order valence-corrected chi connectivity index (χ3v) is 5.93. The number of thioether (sulfide) groups is 1. The van der Waals surface area contributed by atoms with Crippen LogP contribution in [0.1, 0.15) is 58.3 Å². The van der Waals surface area contributed by atoms with E-state index in [2.05, 4.69) is 18.7 Å². The highest BCUT2D eigenvalue weighted by atomic mass is 32.2. The van der Waals surface area contributed by atoms with Gasteiger partial charge in [-0.25, -0.2) is 0 Å². The van der Waals surface area contributed by atoms with E-state index < -0.39 is 0 Å². The van der Waals surface area contributed by atoms with Gasteiger partial charge in [0, 0.05) is 17.0 Å². The van der Waals surface area contributed by atoms with Crippen molar-refractivity contribution in [2.75, 3.05) is 5.75 Å². The molecule has 0 spiro atoms. The molecule has 2 rings (SSSR count). The van der Waals surface area contributed by atoms with Gasteiger partial charge in [0.15, 0.2) is 0 Å². The molecule has 2 aliphatic rings. The first kappa shape index (κ1) is 12.8. The standard InChI is InChI=1S/C14H27NS/c1-11-5-4-6-12(9-11)14(15)10-16-13-7-2-3-8-13/h11-14H,2-10,15H2,1H3. The molecule has 2 fully saturated rings. The molecule has 2 heteroatoms. The molecule has 0 heterocycles. The quantitative estimate of drug-likeness (QED) is 0.810. The molecule has 2 N–H and O–H groups in total. The first-order valence-corrected chi connectivity index (χ1v) is 8.17. The van der Waals surface area contributed by atoms with E-state index in [4.69, 9.17) is 5.73 Å². The minimum absolute atomic E-state index is 0.466. The van der Waals surface area contributed by atoms with Crippen LogP contribution in [0, 0.1) is 11.8 Å². The lowest BCUT2D eigenvalue weighted by Crippen LogP contribution is -2.35. The Bertz CT molecular complexity index is 201. The van der Waals surface area contributed by atoms with Crippen LogP contribution < -0.4 is 5.73 Å². The van der Waals surface area contributed by atoms with Crippen LogP contribution >= 0.6 is 11.8 Å². The van der Waals surface area contributed by atoms with Crippen molar-refractivity contribution in [2.45, 2.75) is 69.6 Å². The normalized spacial score (nSPS) is 34.1. The molecule has 3 unspecified atom stereocenters. The Kier molecular flexibility index (Phi) is 5.02. The second-order valence-electron chi connectivity index (χ2n) is 5.94. The fourth-order valence-electron chi connectivity index (χ4n) is 3.31. The summed E-state index contributed by atoms with van der Waals surface area (Å²) < 4.78 is 0. The Morgan fingerprint density at radius 2 is 1.88 bits per heavy atom. The third-order valence-electron chi connectivity index (χ3n) is 4.41. The molecule has 0 radical (unpaired) electrons. The van der Waals surface area contributed by atoms with Gasteiger partial charge in [0.2, 0.25) is 0 Å². The molecule has 0 aliphatic heterocycles. The Balaban J connectivity index is 1.67. The van der Waals surface area contributed by atoms with Gasteiger partial charge in [0.05, 0.1) is 0 Å². The average molecular weight is 241 g/mol. The van der Waals surface area contributed by atoms with Gasteiger partial charge in [-0.05, 0) is 37.5 Å². The summed E-state index contributed by atoms with van der Waals surface area (Å²) in [6.45, 7) is 2.39. The minimum atomic E-state index is 0.466. The molecule has 0 aromatic carbocycles. The fourth-order valence-corrected chi connectivity index (χ4v) is 4.74. The Labute approximate surface area is 105 Å². The van der Waals surface area contributed by atoms with Gasteiger partial charge in [-0.15, -0.1) is 0 Å². The highest BCUT2D eigenvalue weighted by Crippen LogP contribution is 2.34. The van der Waals surface area contributed by atoms with Gasteiger partial charge in [-0.3, -0.25) is 0 Å². The zero-order valence-corrected chi connectivity index (χ0v) is 11.5. The van der Waals surface area contributed by atoms with E-state index in [-0.39, 0.29) is 0 Å². The molecule has 0 amide bonds. The summed E-state index contributed by atoms with van der Waals surface area (Å²) in [7, 11) is 0. The van der Waals surface area contributed by atoms with Gasteiger partial charge in [0.25, 0.3) is 0 Å². The lowest BCUT2D eigenvalue weighted by Gasteiger charge is -2.31. The van der Waals surface area contributed by atoms with E-state index >= 15 is 0 Å².